The van der Waals surface area contributed by atoms with Gasteiger partial charge in [-0.2, -0.15) is 0 Å². The van der Waals surface area contributed by atoms with Crippen LogP contribution >= 0.6 is 0 Å². The molecule has 0 N–H and O–H groups in total. The number of hydrogen-bond donors (Lipinski definition) is 0. The largest absolute Gasteiger partial charge is 0.496 e. The summed E-state index contributed by atoms with van der Waals surface area (Å²) in [5.74, 6) is 0.530. The highest BCUT2D eigenvalue weighted by atomic mass is 32.2. The molecule has 0 aromatic heterocycles. The summed E-state index contributed by atoms with van der Waals surface area (Å²) in [5.41, 5.74) is 1.31. The Morgan fingerprint density at radius 1 is 0.913 bits per heavy atom. The van der Waals surface area contributed by atoms with Crippen molar-refractivity contribution in [2.75, 3.05) is 7.11 Å². The van der Waals surface area contributed by atoms with Gasteiger partial charge in [-0.1, -0.05) is 0 Å². The lowest BCUT2D eigenvalue weighted by atomic mass is 10.2. The Morgan fingerprint density at radius 2 is 1.39 bits per heavy atom. The van der Waals surface area contributed by atoms with Crippen molar-refractivity contribution in [3.05, 3.63) is 47.5 Å². The highest BCUT2D eigenvalue weighted by Gasteiger charge is 2.20. The molecule has 0 unspecified atom stereocenters. The van der Waals surface area contributed by atoms with Crippen molar-refractivity contribution in [1.29, 1.82) is 0 Å². The molecular weight excluding hydrogens is 316 g/mol. The minimum Gasteiger partial charge on any atom is -0.496 e. The normalized spacial score (nSPS) is 11.1. The first-order valence-corrected chi connectivity index (χ1v) is 8.43. The van der Waals surface area contributed by atoms with E-state index >= 15 is 0 Å². The molecule has 0 saturated heterocycles. The third-order valence-electron chi connectivity index (χ3n) is 3.39. The molecule has 23 heavy (non-hydrogen) atoms. The van der Waals surface area contributed by atoms with E-state index in [1.807, 2.05) is 0 Å². The molecule has 0 atom stereocenters. The smallest absolute Gasteiger partial charge is 0.308 e. The molecule has 0 aliphatic carbocycles. The molecule has 0 aliphatic heterocycles. The first-order chi connectivity index (χ1) is 10.8. The first-order valence-electron chi connectivity index (χ1n) is 6.94. The number of methoxy groups -OCH3 is 1. The molecule has 2 aromatic carbocycles. The Balaban J connectivity index is 2.45. The predicted octanol–water partition coefficient (Wildman–Crippen LogP) is 3.07. The molecule has 0 heterocycles. The van der Waals surface area contributed by atoms with Crippen LogP contribution in [0.15, 0.2) is 46.2 Å². The maximum absolute atomic E-state index is 12.7. The summed E-state index contributed by atoms with van der Waals surface area (Å²) < 4.78 is 35.6. The lowest BCUT2D eigenvalue weighted by Gasteiger charge is -2.11. The topological polar surface area (TPSA) is 69.7 Å². The van der Waals surface area contributed by atoms with E-state index in [1.54, 1.807) is 26.0 Å². The van der Waals surface area contributed by atoms with Crippen LogP contribution in [0.4, 0.5) is 0 Å². The van der Waals surface area contributed by atoms with Crippen molar-refractivity contribution in [3.8, 4) is 11.5 Å². The van der Waals surface area contributed by atoms with E-state index < -0.39 is 15.8 Å². The fraction of sp³-hybridized carbons (Fsp3) is 0.235. The third-order valence-corrected chi connectivity index (χ3v) is 5.14. The number of benzene rings is 2. The van der Waals surface area contributed by atoms with Crippen molar-refractivity contribution in [3.63, 3.8) is 0 Å². The molecule has 2 aromatic rings. The second-order valence-electron chi connectivity index (χ2n) is 5.16. The Morgan fingerprint density at radius 3 is 1.78 bits per heavy atom. The minimum absolute atomic E-state index is 0.149. The van der Waals surface area contributed by atoms with Crippen LogP contribution in [-0.2, 0) is 14.6 Å². The molecule has 0 amide bonds. The van der Waals surface area contributed by atoms with Gasteiger partial charge >= 0.3 is 5.97 Å². The van der Waals surface area contributed by atoms with E-state index in [0.717, 1.165) is 5.56 Å². The van der Waals surface area contributed by atoms with Gasteiger partial charge in [0.15, 0.2) is 0 Å². The average molecular weight is 334 g/mol. The van der Waals surface area contributed by atoms with Crippen molar-refractivity contribution < 1.29 is 22.7 Å². The maximum Gasteiger partial charge on any atom is 0.308 e. The number of carbonyl (C=O) groups is 1. The zero-order valence-corrected chi connectivity index (χ0v) is 14.2. The third kappa shape index (κ3) is 3.53. The summed E-state index contributed by atoms with van der Waals surface area (Å²) in [6.45, 7) is 4.77. The lowest BCUT2D eigenvalue weighted by molar-refractivity contribution is -0.131. The van der Waals surface area contributed by atoms with Gasteiger partial charge < -0.3 is 9.47 Å². The highest BCUT2D eigenvalue weighted by Crippen LogP contribution is 2.29. The molecule has 0 bridgehead atoms. The number of hydrogen-bond acceptors (Lipinski definition) is 5. The van der Waals surface area contributed by atoms with Gasteiger partial charge in [-0.15, -0.1) is 0 Å². The van der Waals surface area contributed by atoms with Gasteiger partial charge in [-0.25, -0.2) is 8.42 Å². The van der Waals surface area contributed by atoms with Crippen LogP contribution in [0.2, 0.25) is 0 Å². The van der Waals surface area contributed by atoms with Crippen molar-refractivity contribution in [2.45, 2.75) is 30.6 Å². The number of ether oxygens (including phenoxy) is 2. The monoisotopic (exact) mass is 334 g/mol. The van der Waals surface area contributed by atoms with E-state index in [4.69, 9.17) is 9.47 Å². The van der Waals surface area contributed by atoms with Gasteiger partial charge in [0.05, 0.1) is 16.9 Å². The maximum atomic E-state index is 12.7. The van der Waals surface area contributed by atoms with E-state index in [2.05, 4.69) is 0 Å². The first kappa shape index (κ1) is 17.0. The van der Waals surface area contributed by atoms with Crippen molar-refractivity contribution in [1.82, 2.24) is 0 Å². The fourth-order valence-electron chi connectivity index (χ4n) is 2.21. The molecule has 0 spiro atoms. The number of rotatable bonds is 4. The standard InChI is InChI=1S/C17H18O5S/c1-11-9-14(5-7-16(11)21-4)23(19,20)15-6-8-17(12(2)10-15)22-13(3)18/h5-10H,1-4H3. The van der Waals surface area contributed by atoms with Gasteiger partial charge in [-0.05, 0) is 61.4 Å². The Bertz CT molecular complexity index is 853. The number of esters is 1. The average Bonchev–Trinajstić information content (AvgIpc) is 2.48. The molecule has 122 valence electrons. The van der Waals surface area contributed by atoms with E-state index in [9.17, 15) is 13.2 Å². The summed E-state index contributed by atoms with van der Waals surface area (Å²) in [7, 11) is -2.11. The van der Waals surface area contributed by atoms with Gasteiger partial charge in [0.2, 0.25) is 9.84 Å². The summed E-state index contributed by atoms with van der Waals surface area (Å²) in [6.07, 6.45) is 0. The Labute approximate surface area is 135 Å². The van der Waals surface area contributed by atoms with E-state index in [1.165, 1.54) is 38.3 Å². The SMILES string of the molecule is COc1ccc(S(=O)(=O)c2ccc(OC(C)=O)c(C)c2)cc1C. The van der Waals surface area contributed by atoms with Crippen LogP contribution in [0, 0.1) is 13.8 Å². The van der Waals surface area contributed by atoms with Gasteiger partial charge in [0, 0.05) is 6.92 Å². The summed E-state index contributed by atoms with van der Waals surface area (Å²) in [5, 5.41) is 0. The molecule has 0 aliphatic rings. The molecule has 5 nitrogen and oxygen atoms in total. The molecular formula is C17H18O5S. The Hall–Kier alpha value is -2.34. The molecule has 2 rings (SSSR count). The summed E-state index contributed by atoms with van der Waals surface area (Å²) >= 11 is 0. The summed E-state index contributed by atoms with van der Waals surface area (Å²) in [6, 6.07) is 9.12. The predicted molar refractivity (Wildman–Crippen MR) is 85.7 cm³/mol. The molecule has 0 fully saturated rings. The van der Waals surface area contributed by atoms with Gasteiger partial charge in [-0.3, -0.25) is 4.79 Å². The van der Waals surface area contributed by atoms with Crippen LogP contribution in [0.1, 0.15) is 18.1 Å². The van der Waals surface area contributed by atoms with Crippen molar-refractivity contribution >= 4 is 15.8 Å². The molecule has 0 radical (unpaired) electrons. The Kier molecular flexibility index (Phi) is 4.75. The number of sulfone groups is 1. The van der Waals surface area contributed by atoms with Gasteiger partial charge in [0.25, 0.3) is 0 Å². The van der Waals surface area contributed by atoms with Gasteiger partial charge in [0.1, 0.15) is 11.5 Å². The van der Waals surface area contributed by atoms with Crippen LogP contribution in [0.3, 0.4) is 0 Å². The highest BCUT2D eigenvalue weighted by molar-refractivity contribution is 7.91. The van der Waals surface area contributed by atoms with Crippen LogP contribution in [-0.4, -0.2) is 21.5 Å². The number of aryl methyl sites for hydroxylation is 2. The van der Waals surface area contributed by atoms with Crippen LogP contribution in [0.25, 0.3) is 0 Å². The van der Waals surface area contributed by atoms with Crippen LogP contribution in [0.5, 0.6) is 11.5 Å². The second kappa shape index (κ2) is 6.42. The zero-order valence-electron chi connectivity index (χ0n) is 13.4. The number of carbonyl (C=O) groups excluding carboxylic acids is 1. The minimum atomic E-state index is -3.65. The molecule has 0 saturated carbocycles. The quantitative estimate of drug-likeness (QED) is 0.635. The lowest BCUT2D eigenvalue weighted by Crippen LogP contribution is -2.06. The van der Waals surface area contributed by atoms with Crippen molar-refractivity contribution in [2.24, 2.45) is 0 Å². The molecule has 6 heteroatoms. The second-order valence-corrected chi connectivity index (χ2v) is 7.11. The fourth-order valence-corrected chi connectivity index (χ4v) is 3.64. The van der Waals surface area contributed by atoms with E-state index in [0.29, 0.717) is 17.1 Å². The zero-order chi connectivity index (χ0) is 17.2. The summed E-state index contributed by atoms with van der Waals surface area (Å²) in [4.78, 5) is 11.4. The van der Waals surface area contributed by atoms with E-state index in [-0.39, 0.29) is 9.79 Å². The van der Waals surface area contributed by atoms with Crippen LogP contribution < -0.4 is 9.47 Å².